The van der Waals surface area contributed by atoms with Gasteiger partial charge in [-0.05, 0) is 18.1 Å². The first-order valence-corrected chi connectivity index (χ1v) is 8.54. The molecule has 0 saturated carbocycles. The maximum atomic E-state index is 12.3. The van der Waals surface area contributed by atoms with Gasteiger partial charge in [-0.1, -0.05) is 11.3 Å². The number of hydrogen-bond donors (Lipinski definition) is 0. The van der Waals surface area contributed by atoms with E-state index >= 15 is 0 Å². The third-order valence-electron chi connectivity index (χ3n) is 4.75. The van der Waals surface area contributed by atoms with Crippen LogP contribution in [0.1, 0.15) is 30.1 Å². The minimum absolute atomic E-state index is 0.104. The van der Waals surface area contributed by atoms with Crippen LogP contribution in [-0.2, 0) is 22.6 Å². The molecule has 0 atom stereocenters. The van der Waals surface area contributed by atoms with Crippen LogP contribution in [0.2, 0.25) is 0 Å². The molecule has 8 heteroatoms. The Bertz CT molecular complexity index is 768. The van der Waals surface area contributed by atoms with Gasteiger partial charge in [-0.2, -0.15) is 0 Å². The molecule has 130 valence electrons. The van der Waals surface area contributed by atoms with E-state index in [1.165, 1.54) is 0 Å². The van der Waals surface area contributed by atoms with E-state index in [1.54, 1.807) is 12.4 Å². The van der Waals surface area contributed by atoms with Crippen molar-refractivity contribution in [2.24, 2.45) is 0 Å². The van der Waals surface area contributed by atoms with Gasteiger partial charge < -0.3 is 9.80 Å². The van der Waals surface area contributed by atoms with E-state index in [-0.39, 0.29) is 17.9 Å². The van der Waals surface area contributed by atoms with Crippen molar-refractivity contribution < 1.29 is 9.59 Å². The molecule has 0 aromatic carbocycles. The number of carbonyl (C=O) groups excluding carboxylic acids is 2. The number of pyridine rings is 1. The van der Waals surface area contributed by atoms with Crippen LogP contribution in [0.5, 0.6) is 0 Å². The molecule has 2 aliphatic heterocycles. The molecule has 2 aromatic rings. The Balaban J connectivity index is 1.29. The van der Waals surface area contributed by atoms with E-state index in [0.717, 1.165) is 24.2 Å². The van der Waals surface area contributed by atoms with Crippen LogP contribution >= 0.6 is 0 Å². The number of hydrogen-bond acceptors (Lipinski definition) is 5. The van der Waals surface area contributed by atoms with E-state index in [2.05, 4.69) is 15.3 Å². The zero-order valence-electron chi connectivity index (χ0n) is 13.9. The number of nitrogens with zero attached hydrogens (tertiary/aromatic N) is 6. The summed E-state index contributed by atoms with van der Waals surface area (Å²) < 4.78 is 1.81. The highest BCUT2D eigenvalue weighted by atomic mass is 16.2. The maximum Gasteiger partial charge on any atom is 0.227 e. The molecule has 2 aliphatic rings. The van der Waals surface area contributed by atoms with Crippen LogP contribution in [-0.4, -0.2) is 61.2 Å². The van der Waals surface area contributed by atoms with Crippen LogP contribution < -0.4 is 0 Å². The van der Waals surface area contributed by atoms with Gasteiger partial charge in [-0.15, -0.1) is 5.10 Å². The van der Waals surface area contributed by atoms with Crippen LogP contribution in [0, 0.1) is 0 Å². The zero-order valence-corrected chi connectivity index (χ0v) is 13.9. The lowest BCUT2D eigenvalue weighted by molar-refractivity contribution is -0.136. The van der Waals surface area contributed by atoms with Crippen LogP contribution in [0.4, 0.5) is 0 Å². The predicted molar refractivity (Wildman–Crippen MR) is 88.2 cm³/mol. The van der Waals surface area contributed by atoms with Gasteiger partial charge in [-0.25, -0.2) is 4.68 Å². The van der Waals surface area contributed by atoms with E-state index in [1.807, 2.05) is 32.8 Å². The molecule has 0 unspecified atom stereocenters. The van der Waals surface area contributed by atoms with E-state index in [0.29, 0.717) is 32.5 Å². The highest BCUT2D eigenvalue weighted by molar-refractivity contribution is 5.79. The molecule has 8 nitrogen and oxygen atoms in total. The Morgan fingerprint density at radius 1 is 1.32 bits per heavy atom. The van der Waals surface area contributed by atoms with E-state index < -0.39 is 0 Å². The summed E-state index contributed by atoms with van der Waals surface area (Å²) >= 11 is 0. The summed E-state index contributed by atoms with van der Waals surface area (Å²) in [6.45, 7) is 2.61. The van der Waals surface area contributed by atoms with Gasteiger partial charge in [0.05, 0.1) is 25.2 Å². The lowest BCUT2D eigenvalue weighted by Gasteiger charge is -2.38. The van der Waals surface area contributed by atoms with Gasteiger partial charge >= 0.3 is 0 Å². The third-order valence-corrected chi connectivity index (χ3v) is 4.75. The fraction of sp³-hybridized carbons (Fsp3) is 0.471. The second-order valence-corrected chi connectivity index (χ2v) is 6.60. The first-order valence-electron chi connectivity index (χ1n) is 8.54. The van der Waals surface area contributed by atoms with E-state index in [4.69, 9.17) is 0 Å². The lowest BCUT2D eigenvalue weighted by Crippen LogP contribution is -2.51. The summed E-state index contributed by atoms with van der Waals surface area (Å²) in [5, 5.41) is 8.33. The Morgan fingerprint density at radius 3 is 2.92 bits per heavy atom. The Labute approximate surface area is 145 Å². The van der Waals surface area contributed by atoms with Crippen LogP contribution in [0.15, 0.2) is 30.7 Å². The number of amides is 2. The Kier molecular flexibility index (Phi) is 4.17. The van der Waals surface area contributed by atoms with Crippen molar-refractivity contribution >= 4 is 11.8 Å². The number of aromatic nitrogens is 4. The zero-order chi connectivity index (χ0) is 17.2. The van der Waals surface area contributed by atoms with Gasteiger partial charge in [0.15, 0.2) is 0 Å². The standard InChI is InChI=1S/C17H20N6O2/c24-16-4-2-6-21(16)9-14-10-23(20-19-14)15-11-22(12-15)17(25)7-13-3-1-5-18-8-13/h1,3,5,8,10,15H,2,4,6-7,9,11-12H2. The van der Waals surface area contributed by atoms with Gasteiger partial charge in [-0.3, -0.25) is 14.6 Å². The molecular weight excluding hydrogens is 320 g/mol. The van der Waals surface area contributed by atoms with Crippen molar-refractivity contribution in [2.45, 2.75) is 31.8 Å². The van der Waals surface area contributed by atoms with Crippen molar-refractivity contribution in [3.8, 4) is 0 Å². The number of carbonyl (C=O) groups is 2. The van der Waals surface area contributed by atoms with Crippen LogP contribution in [0.3, 0.4) is 0 Å². The molecule has 2 aromatic heterocycles. The van der Waals surface area contributed by atoms with Gasteiger partial charge in [0, 0.05) is 38.4 Å². The predicted octanol–water partition coefficient (Wildman–Crippen LogP) is 0.421. The van der Waals surface area contributed by atoms with Crippen molar-refractivity contribution in [3.05, 3.63) is 42.0 Å². The second kappa shape index (κ2) is 6.62. The molecule has 2 amide bonds. The molecule has 0 bridgehead atoms. The minimum Gasteiger partial charge on any atom is -0.338 e. The lowest BCUT2D eigenvalue weighted by atomic mass is 10.1. The second-order valence-electron chi connectivity index (χ2n) is 6.60. The highest BCUT2D eigenvalue weighted by Crippen LogP contribution is 2.22. The summed E-state index contributed by atoms with van der Waals surface area (Å²) in [6.07, 6.45) is 7.23. The SMILES string of the molecule is O=C1CCCN1Cc1cn(C2CN(C(=O)Cc3cccnc3)C2)nn1. The molecule has 0 spiro atoms. The molecule has 2 saturated heterocycles. The van der Waals surface area contributed by atoms with Gasteiger partial charge in [0.2, 0.25) is 11.8 Å². The molecular formula is C17H20N6O2. The molecule has 2 fully saturated rings. The quantitative estimate of drug-likeness (QED) is 0.788. The van der Waals surface area contributed by atoms with Crippen LogP contribution in [0.25, 0.3) is 0 Å². The fourth-order valence-electron chi connectivity index (χ4n) is 3.25. The first-order chi connectivity index (χ1) is 12.2. The molecule has 4 heterocycles. The van der Waals surface area contributed by atoms with Gasteiger partial charge in [0.1, 0.15) is 5.69 Å². The monoisotopic (exact) mass is 340 g/mol. The van der Waals surface area contributed by atoms with Crippen molar-refractivity contribution in [2.75, 3.05) is 19.6 Å². The third kappa shape index (κ3) is 3.38. The number of rotatable bonds is 5. The molecule has 0 radical (unpaired) electrons. The molecule has 0 N–H and O–H groups in total. The minimum atomic E-state index is 0.104. The average Bonchev–Trinajstić information content (AvgIpc) is 3.17. The first kappa shape index (κ1) is 15.7. The van der Waals surface area contributed by atoms with Crippen molar-refractivity contribution in [1.82, 2.24) is 29.8 Å². The van der Waals surface area contributed by atoms with Crippen molar-refractivity contribution in [3.63, 3.8) is 0 Å². The number of likely N-dealkylation sites (tertiary alicyclic amines) is 2. The summed E-state index contributed by atoms with van der Waals surface area (Å²) in [4.78, 5) is 31.6. The average molecular weight is 340 g/mol. The topological polar surface area (TPSA) is 84.2 Å². The Morgan fingerprint density at radius 2 is 2.20 bits per heavy atom. The Hall–Kier alpha value is -2.77. The van der Waals surface area contributed by atoms with E-state index in [9.17, 15) is 9.59 Å². The highest BCUT2D eigenvalue weighted by Gasteiger charge is 2.32. The molecule has 25 heavy (non-hydrogen) atoms. The van der Waals surface area contributed by atoms with Crippen molar-refractivity contribution in [1.29, 1.82) is 0 Å². The summed E-state index contributed by atoms with van der Waals surface area (Å²) in [5.74, 6) is 0.289. The summed E-state index contributed by atoms with van der Waals surface area (Å²) in [7, 11) is 0. The molecule has 0 aliphatic carbocycles. The smallest absolute Gasteiger partial charge is 0.227 e. The normalized spacial score (nSPS) is 17.8. The maximum absolute atomic E-state index is 12.3. The largest absolute Gasteiger partial charge is 0.338 e. The summed E-state index contributed by atoms with van der Waals surface area (Å²) in [5.41, 5.74) is 1.73. The van der Waals surface area contributed by atoms with Gasteiger partial charge in [0.25, 0.3) is 0 Å². The molecule has 4 rings (SSSR count). The summed E-state index contributed by atoms with van der Waals surface area (Å²) in [6, 6.07) is 3.91. The fourth-order valence-corrected chi connectivity index (χ4v) is 3.25.